The first kappa shape index (κ1) is 17.8. The lowest BCUT2D eigenvalue weighted by Gasteiger charge is -2.35. The second-order valence-corrected chi connectivity index (χ2v) is 5.64. The maximum absolute atomic E-state index is 12.1. The van der Waals surface area contributed by atoms with E-state index in [1.165, 1.54) is 0 Å². The van der Waals surface area contributed by atoms with Gasteiger partial charge in [-0.05, 0) is 38.1 Å². The molecule has 7 heteroatoms. The first-order valence-corrected chi connectivity index (χ1v) is 7.69. The van der Waals surface area contributed by atoms with Crippen molar-refractivity contribution in [3.8, 4) is 11.8 Å². The number of benzene rings is 1. The Morgan fingerprint density at radius 2 is 1.83 bits per heavy atom. The Morgan fingerprint density at radius 3 is 2.42 bits per heavy atom. The molecular formula is C17H20N2O5. The van der Waals surface area contributed by atoms with Gasteiger partial charge >= 0.3 is 5.97 Å². The van der Waals surface area contributed by atoms with Crippen LogP contribution in [0.25, 0.3) is 0 Å². The topological polar surface area (TPSA) is 88.9 Å². The van der Waals surface area contributed by atoms with Crippen LogP contribution in [0.2, 0.25) is 0 Å². The van der Waals surface area contributed by atoms with E-state index in [1.807, 2.05) is 19.9 Å². The summed E-state index contributed by atoms with van der Waals surface area (Å²) in [7, 11) is 0. The van der Waals surface area contributed by atoms with E-state index in [-0.39, 0.29) is 31.3 Å². The standard InChI is InChI=1S/C17H20N2O5/c1-12-8-19(9-13(2)24-12)16(20)10-23-17(21)11-22-15-5-3-14(7-18)4-6-15/h3-6,12-13H,8-11H2,1-2H3/t12-,13-/m1/s1. The molecule has 2 atom stereocenters. The number of morpholine rings is 1. The Hall–Kier alpha value is -2.59. The van der Waals surface area contributed by atoms with Gasteiger partial charge in [0, 0.05) is 13.1 Å². The second-order valence-electron chi connectivity index (χ2n) is 5.64. The summed E-state index contributed by atoms with van der Waals surface area (Å²) in [6, 6.07) is 8.35. The molecule has 0 aliphatic carbocycles. The lowest BCUT2D eigenvalue weighted by molar-refractivity contribution is -0.158. The van der Waals surface area contributed by atoms with E-state index in [1.54, 1.807) is 29.2 Å². The number of carbonyl (C=O) groups excluding carboxylic acids is 2. The van der Waals surface area contributed by atoms with Crippen LogP contribution in [-0.4, -0.2) is 55.3 Å². The van der Waals surface area contributed by atoms with Crippen molar-refractivity contribution < 1.29 is 23.8 Å². The summed E-state index contributed by atoms with van der Waals surface area (Å²) in [4.78, 5) is 25.4. The minimum Gasteiger partial charge on any atom is -0.482 e. The quantitative estimate of drug-likeness (QED) is 0.751. The van der Waals surface area contributed by atoms with Gasteiger partial charge in [0.2, 0.25) is 0 Å². The average Bonchev–Trinajstić information content (AvgIpc) is 2.57. The zero-order chi connectivity index (χ0) is 17.5. The number of rotatable bonds is 5. The molecule has 0 spiro atoms. The van der Waals surface area contributed by atoms with Crippen LogP contribution in [-0.2, 0) is 19.1 Å². The van der Waals surface area contributed by atoms with E-state index in [2.05, 4.69) is 0 Å². The van der Waals surface area contributed by atoms with E-state index in [0.29, 0.717) is 24.4 Å². The van der Waals surface area contributed by atoms with Crippen LogP contribution in [0.1, 0.15) is 19.4 Å². The van der Waals surface area contributed by atoms with Gasteiger partial charge in [-0.2, -0.15) is 5.26 Å². The molecule has 7 nitrogen and oxygen atoms in total. The Balaban J connectivity index is 1.72. The fourth-order valence-electron chi connectivity index (χ4n) is 2.42. The molecule has 128 valence electrons. The molecule has 0 bridgehead atoms. The molecule has 0 aromatic heterocycles. The van der Waals surface area contributed by atoms with Crippen LogP contribution in [0.3, 0.4) is 0 Å². The van der Waals surface area contributed by atoms with E-state index in [4.69, 9.17) is 19.5 Å². The molecule has 0 N–H and O–H groups in total. The first-order chi connectivity index (χ1) is 11.5. The molecule has 1 heterocycles. The van der Waals surface area contributed by atoms with Gasteiger partial charge in [0.05, 0.1) is 23.8 Å². The molecule has 1 saturated heterocycles. The highest BCUT2D eigenvalue weighted by atomic mass is 16.6. The molecule has 1 amide bonds. The Morgan fingerprint density at radius 1 is 1.21 bits per heavy atom. The van der Waals surface area contributed by atoms with Crippen molar-refractivity contribution in [3.05, 3.63) is 29.8 Å². The predicted octanol–water partition coefficient (Wildman–Crippen LogP) is 1.12. The minimum absolute atomic E-state index is 0.0342. The van der Waals surface area contributed by atoms with Gasteiger partial charge in [-0.15, -0.1) is 0 Å². The zero-order valence-corrected chi connectivity index (χ0v) is 13.7. The van der Waals surface area contributed by atoms with Crippen LogP contribution in [0.5, 0.6) is 5.75 Å². The minimum atomic E-state index is -0.623. The number of hydrogen-bond donors (Lipinski definition) is 0. The van der Waals surface area contributed by atoms with E-state index < -0.39 is 5.97 Å². The number of esters is 1. The predicted molar refractivity (Wildman–Crippen MR) is 84.2 cm³/mol. The number of nitriles is 1. The zero-order valence-electron chi connectivity index (χ0n) is 13.7. The van der Waals surface area contributed by atoms with Crippen LogP contribution in [0, 0.1) is 11.3 Å². The van der Waals surface area contributed by atoms with Gasteiger partial charge in [0.15, 0.2) is 13.2 Å². The molecule has 1 aliphatic rings. The van der Waals surface area contributed by atoms with Gasteiger partial charge in [-0.3, -0.25) is 4.79 Å². The summed E-state index contributed by atoms with van der Waals surface area (Å²) in [6.45, 7) is 4.16. The van der Waals surface area contributed by atoms with Gasteiger partial charge in [-0.25, -0.2) is 4.79 Å². The second kappa shape index (κ2) is 8.31. The van der Waals surface area contributed by atoms with Gasteiger partial charge in [-0.1, -0.05) is 0 Å². The lowest BCUT2D eigenvalue weighted by atomic mass is 10.2. The van der Waals surface area contributed by atoms with Crippen LogP contribution >= 0.6 is 0 Å². The van der Waals surface area contributed by atoms with Crippen LogP contribution < -0.4 is 4.74 Å². The third-order valence-electron chi connectivity index (χ3n) is 3.47. The van der Waals surface area contributed by atoms with E-state index in [9.17, 15) is 9.59 Å². The largest absolute Gasteiger partial charge is 0.482 e. The number of amides is 1. The molecule has 24 heavy (non-hydrogen) atoms. The number of hydrogen-bond acceptors (Lipinski definition) is 6. The molecule has 0 radical (unpaired) electrons. The van der Waals surface area contributed by atoms with Crippen molar-refractivity contribution in [2.75, 3.05) is 26.3 Å². The summed E-state index contributed by atoms with van der Waals surface area (Å²) < 4.78 is 15.8. The summed E-state index contributed by atoms with van der Waals surface area (Å²) in [5, 5.41) is 8.70. The van der Waals surface area contributed by atoms with Crippen molar-refractivity contribution in [1.82, 2.24) is 4.90 Å². The molecule has 1 aliphatic heterocycles. The van der Waals surface area contributed by atoms with Gasteiger partial charge in [0.25, 0.3) is 5.91 Å². The fraction of sp³-hybridized carbons (Fsp3) is 0.471. The number of nitrogens with zero attached hydrogens (tertiary/aromatic N) is 2. The maximum atomic E-state index is 12.1. The van der Waals surface area contributed by atoms with Gasteiger partial charge < -0.3 is 19.1 Å². The summed E-state index contributed by atoms with van der Waals surface area (Å²) in [6.07, 6.45) is -0.0683. The number of ether oxygens (including phenoxy) is 3. The molecule has 0 saturated carbocycles. The molecule has 1 aromatic carbocycles. The Kier molecular flexibility index (Phi) is 6.15. The molecule has 1 aromatic rings. The normalized spacial score (nSPS) is 20.1. The van der Waals surface area contributed by atoms with Crippen molar-refractivity contribution in [1.29, 1.82) is 5.26 Å². The fourth-order valence-corrected chi connectivity index (χ4v) is 2.42. The third-order valence-corrected chi connectivity index (χ3v) is 3.47. The molecular weight excluding hydrogens is 312 g/mol. The Bertz CT molecular complexity index is 613. The van der Waals surface area contributed by atoms with Crippen molar-refractivity contribution in [2.45, 2.75) is 26.1 Å². The summed E-state index contributed by atoms with van der Waals surface area (Å²) in [5.41, 5.74) is 0.504. The van der Waals surface area contributed by atoms with E-state index in [0.717, 1.165) is 0 Å². The average molecular weight is 332 g/mol. The highest BCUT2D eigenvalue weighted by Gasteiger charge is 2.26. The number of carbonyl (C=O) groups is 2. The highest BCUT2D eigenvalue weighted by Crippen LogP contribution is 2.12. The van der Waals surface area contributed by atoms with Crippen molar-refractivity contribution in [2.24, 2.45) is 0 Å². The molecule has 0 unspecified atom stereocenters. The monoisotopic (exact) mass is 332 g/mol. The maximum Gasteiger partial charge on any atom is 0.344 e. The third kappa shape index (κ3) is 5.25. The SMILES string of the molecule is C[C@@H]1CN(C(=O)COC(=O)COc2ccc(C#N)cc2)C[C@@H](C)O1. The van der Waals surface area contributed by atoms with Crippen LogP contribution in [0.4, 0.5) is 0 Å². The van der Waals surface area contributed by atoms with Crippen LogP contribution in [0.15, 0.2) is 24.3 Å². The molecule has 2 rings (SSSR count). The summed E-state index contributed by atoms with van der Waals surface area (Å²) in [5.74, 6) is -0.418. The van der Waals surface area contributed by atoms with Gasteiger partial charge in [0.1, 0.15) is 5.75 Å². The Labute approximate surface area is 140 Å². The first-order valence-electron chi connectivity index (χ1n) is 7.69. The summed E-state index contributed by atoms with van der Waals surface area (Å²) >= 11 is 0. The van der Waals surface area contributed by atoms with E-state index >= 15 is 0 Å². The lowest BCUT2D eigenvalue weighted by Crippen LogP contribution is -2.49. The highest BCUT2D eigenvalue weighted by molar-refractivity contribution is 5.81. The smallest absolute Gasteiger partial charge is 0.344 e. The van der Waals surface area contributed by atoms with Crippen molar-refractivity contribution >= 4 is 11.9 Å². The molecule has 1 fully saturated rings. The van der Waals surface area contributed by atoms with Crippen molar-refractivity contribution in [3.63, 3.8) is 0 Å².